The summed E-state index contributed by atoms with van der Waals surface area (Å²) in [6.07, 6.45) is 2.78. The summed E-state index contributed by atoms with van der Waals surface area (Å²) in [5.74, 6) is 0.272. The van der Waals surface area contributed by atoms with Crippen molar-refractivity contribution < 1.29 is 9.67 Å². The van der Waals surface area contributed by atoms with Crippen LogP contribution in [0.3, 0.4) is 0 Å². The van der Waals surface area contributed by atoms with Crippen molar-refractivity contribution in [2.45, 2.75) is 18.4 Å². The van der Waals surface area contributed by atoms with Gasteiger partial charge in [0.15, 0.2) is 6.04 Å². The van der Waals surface area contributed by atoms with E-state index in [0.717, 1.165) is 6.42 Å². The molecule has 1 aromatic heterocycles. The second-order valence-electron chi connectivity index (χ2n) is 5.68. The highest BCUT2D eigenvalue weighted by Crippen LogP contribution is 2.44. The minimum Gasteiger partial charge on any atom is -0.396 e. The van der Waals surface area contributed by atoms with Gasteiger partial charge in [0.05, 0.1) is 11.5 Å². The fourth-order valence-corrected chi connectivity index (χ4v) is 4.84. The Kier molecular flexibility index (Phi) is 3.32. The Bertz CT molecular complexity index is 852. The number of rotatable bonds is 3. The van der Waals surface area contributed by atoms with Gasteiger partial charge in [-0.25, -0.2) is 0 Å². The highest BCUT2D eigenvalue weighted by Gasteiger charge is 2.40. The summed E-state index contributed by atoms with van der Waals surface area (Å²) in [5, 5.41) is 10.8. The minimum atomic E-state index is 0.188. The lowest BCUT2D eigenvalue weighted by atomic mass is 9.83. The number of aliphatic hydroxyl groups excluding tert-OH is 1. The molecule has 3 heteroatoms. The van der Waals surface area contributed by atoms with Gasteiger partial charge in [-0.1, -0.05) is 48.2 Å². The van der Waals surface area contributed by atoms with Crippen LogP contribution in [0.5, 0.6) is 0 Å². The van der Waals surface area contributed by atoms with Crippen molar-refractivity contribution in [1.29, 1.82) is 0 Å². The summed E-state index contributed by atoms with van der Waals surface area (Å²) in [6, 6.07) is 17.3. The fraction of sp³-hybridized carbons (Fsp3) is 0.211. The molecule has 2 heterocycles. The number of aromatic nitrogens is 1. The van der Waals surface area contributed by atoms with Crippen LogP contribution in [-0.4, -0.2) is 11.7 Å². The fourth-order valence-electron chi connectivity index (χ4n) is 3.60. The number of nitrogens with zero attached hydrogens (tertiary/aromatic N) is 1. The molecule has 2 nitrogen and oxygen atoms in total. The second kappa shape index (κ2) is 5.34. The summed E-state index contributed by atoms with van der Waals surface area (Å²) in [7, 11) is 0. The van der Waals surface area contributed by atoms with E-state index in [1.165, 1.54) is 26.4 Å². The number of benzene rings is 2. The van der Waals surface area contributed by atoms with Crippen LogP contribution in [0.25, 0.3) is 20.8 Å². The first kappa shape index (κ1) is 13.7. The third-order valence-corrected chi connectivity index (χ3v) is 5.71. The van der Waals surface area contributed by atoms with Gasteiger partial charge >= 0.3 is 0 Å². The van der Waals surface area contributed by atoms with Crippen LogP contribution in [0.2, 0.25) is 0 Å². The van der Waals surface area contributed by atoms with Gasteiger partial charge in [0, 0.05) is 12.7 Å². The molecule has 22 heavy (non-hydrogen) atoms. The third-order valence-electron chi connectivity index (χ3n) is 4.53. The lowest BCUT2D eigenvalue weighted by Crippen LogP contribution is -2.45. The first-order chi connectivity index (χ1) is 10.8. The number of hydrogen-bond acceptors (Lipinski definition) is 2. The van der Waals surface area contributed by atoms with Crippen molar-refractivity contribution in [3.63, 3.8) is 0 Å². The van der Waals surface area contributed by atoms with Gasteiger partial charge in [-0.05, 0) is 30.2 Å². The maximum atomic E-state index is 9.53. The van der Waals surface area contributed by atoms with Crippen molar-refractivity contribution in [3.05, 3.63) is 66.7 Å². The predicted octanol–water partition coefficient (Wildman–Crippen LogP) is 4.06. The molecule has 0 bridgehead atoms. The average Bonchev–Trinajstić information content (AvgIpc) is 2.95. The lowest BCUT2D eigenvalue weighted by molar-refractivity contribution is -0.678. The van der Waals surface area contributed by atoms with Gasteiger partial charge in [0.2, 0.25) is 5.52 Å². The highest BCUT2D eigenvalue weighted by atomic mass is 32.1. The number of aliphatic hydroxyl groups is 1. The molecule has 2 aromatic carbocycles. The Morgan fingerprint density at radius 1 is 1.14 bits per heavy atom. The molecule has 0 saturated heterocycles. The van der Waals surface area contributed by atoms with E-state index in [1.54, 1.807) is 0 Å². The molecule has 0 spiro atoms. The van der Waals surface area contributed by atoms with Gasteiger partial charge in [-0.2, -0.15) is 4.57 Å². The van der Waals surface area contributed by atoms with Crippen LogP contribution in [-0.2, 0) is 0 Å². The molecule has 1 N–H and O–H groups in total. The normalized spacial score (nSPS) is 19.7. The van der Waals surface area contributed by atoms with E-state index in [4.69, 9.17) is 0 Å². The zero-order valence-electron chi connectivity index (χ0n) is 12.3. The Labute approximate surface area is 134 Å². The van der Waals surface area contributed by atoms with Crippen LogP contribution in [0.15, 0.2) is 61.2 Å². The van der Waals surface area contributed by atoms with Gasteiger partial charge in [-0.15, -0.1) is 0 Å². The molecule has 0 radical (unpaired) electrons. The van der Waals surface area contributed by atoms with E-state index in [2.05, 4.69) is 59.7 Å². The molecule has 0 amide bonds. The highest BCUT2D eigenvalue weighted by molar-refractivity contribution is 7.21. The molecule has 2 unspecified atom stereocenters. The second-order valence-corrected chi connectivity index (χ2v) is 6.71. The molecule has 4 rings (SSSR count). The Morgan fingerprint density at radius 2 is 1.91 bits per heavy atom. The zero-order valence-corrected chi connectivity index (χ0v) is 13.1. The van der Waals surface area contributed by atoms with Gasteiger partial charge < -0.3 is 5.11 Å². The SMILES string of the molecule is C=CC1C(CCO)c2ccccc2-c2sc3ccccc3[n+]21. The first-order valence-electron chi connectivity index (χ1n) is 7.61. The number of allylic oxidation sites excluding steroid dienone is 1. The van der Waals surface area contributed by atoms with Crippen molar-refractivity contribution >= 4 is 21.6 Å². The van der Waals surface area contributed by atoms with Crippen LogP contribution in [0.1, 0.15) is 23.9 Å². The molecule has 0 saturated carbocycles. The van der Waals surface area contributed by atoms with Gasteiger partial charge in [0.25, 0.3) is 5.01 Å². The summed E-state index contributed by atoms with van der Waals surface area (Å²) < 4.78 is 3.69. The first-order valence-corrected chi connectivity index (χ1v) is 8.42. The summed E-state index contributed by atoms with van der Waals surface area (Å²) in [6.45, 7) is 4.27. The van der Waals surface area contributed by atoms with E-state index in [9.17, 15) is 5.11 Å². The van der Waals surface area contributed by atoms with Crippen LogP contribution in [0, 0.1) is 0 Å². The quantitative estimate of drug-likeness (QED) is 0.572. The Hall–Kier alpha value is -1.97. The maximum absolute atomic E-state index is 9.53. The zero-order chi connectivity index (χ0) is 15.1. The minimum absolute atomic E-state index is 0.188. The molecule has 0 fully saturated rings. The van der Waals surface area contributed by atoms with Crippen molar-refractivity contribution in [3.8, 4) is 10.6 Å². The average molecular weight is 308 g/mol. The van der Waals surface area contributed by atoms with Gasteiger partial charge in [-0.3, -0.25) is 0 Å². The lowest BCUT2D eigenvalue weighted by Gasteiger charge is -2.26. The van der Waals surface area contributed by atoms with Crippen LogP contribution in [0.4, 0.5) is 0 Å². The number of fused-ring (bicyclic) bond motifs is 5. The molecule has 1 aliphatic rings. The third kappa shape index (κ3) is 1.86. The Balaban J connectivity index is 2.07. The largest absolute Gasteiger partial charge is 0.396 e. The van der Waals surface area contributed by atoms with Crippen LogP contribution >= 0.6 is 11.3 Å². The maximum Gasteiger partial charge on any atom is 0.270 e. The molecule has 0 aliphatic carbocycles. The van der Waals surface area contributed by atoms with Crippen molar-refractivity contribution in [2.24, 2.45) is 0 Å². The number of hydrogen-bond donors (Lipinski definition) is 1. The summed E-state index contributed by atoms with van der Waals surface area (Å²) in [4.78, 5) is 0. The van der Waals surface area contributed by atoms with E-state index in [0.29, 0.717) is 0 Å². The molecule has 1 aliphatic heterocycles. The smallest absolute Gasteiger partial charge is 0.270 e. The molecular weight excluding hydrogens is 290 g/mol. The number of para-hydroxylation sites is 1. The Morgan fingerprint density at radius 3 is 2.73 bits per heavy atom. The van der Waals surface area contributed by atoms with Gasteiger partial charge in [0.1, 0.15) is 4.70 Å². The molecule has 110 valence electrons. The van der Waals surface area contributed by atoms with Crippen molar-refractivity contribution in [2.75, 3.05) is 6.61 Å². The predicted molar refractivity (Wildman–Crippen MR) is 91.1 cm³/mol. The summed E-state index contributed by atoms with van der Waals surface area (Å²) >= 11 is 1.83. The molecular formula is C19H18NOS+. The van der Waals surface area contributed by atoms with E-state index < -0.39 is 0 Å². The van der Waals surface area contributed by atoms with E-state index >= 15 is 0 Å². The van der Waals surface area contributed by atoms with E-state index in [-0.39, 0.29) is 18.6 Å². The molecule has 3 aromatic rings. The van der Waals surface area contributed by atoms with Crippen molar-refractivity contribution in [1.82, 2.24) is 0 Å². The number of thiazole rings is 1. The van der Waals surface area contributed by atoms with E-state index in [1.807, 2.05) is 17.4 Å². The molecule has 2 atom stereocenters. The monoisotopic (exact) mass is 308 g/mol. The van der Waals surface area contributed by atoms with Crippen LogP contribution < -0.4 is 4.57 Å². The topological polar surface area (TPSA) is 24.1 Å². The standard InChI is InChI=1S/C19H18NOS/c1-2-16-14(11-12-21)13-7-3-4-8-15(13)19-20(16)17-9-5-6-10-18(17)22-19/h2-10,14,16,21H,1,11-12H2/q+1. The summed E-state index contributed by atoms with van der Waals surface area (Å²) in [5.41, 5.74) is 3.87.